The Balaban J connectivity index is 0.998. The molecule has 12 rings (SSSR count). The van der Waals surface area contributed by atoms with Gasteiger partial charge in [-0.1, -0.05) is 105 Å². The smallest absolute Gasteiger partial charge is 0.159 e. The first-order valence-electron chi connectivity index (χ1n) is 19.5. The summed E-state index contributed by atoms with van der Waals surface area (Å²) in [5.41, 5.74) is 15.2. The number of furan rings is 1. The van der Waals surface area contributed by atoms with Crippen molar-refractivity contribution in [1.82, 2.24) is 4.57 Å². The van der Waals surface area contributed by atoms with Gasteiger partial charge in [-0.3, -0.25) is 0 Å². The molecule has 0 saturated heterocycles. The van der Waals surface area contributed by atoms with E-state index in [0.717, 1.165) is 39.0 Å². The predicted octanol–water partition coefficient (Wildman–Crippen LogP) is 15.2. The van der Waals surface area contributed by atoms with Gasteiger partial charge in [-0.2, -0.15) is 0 Å². The zero-order valence-electron chi connectivity index (χ0n) is 31.1. The number of hydrogen-bond acceptors (Lipinski definition) is 2. The molecule has 0 saturated carbocycles. The van der Waals surface area contributed by atoms with Gasteiger partial charge >= 0.3 is 0 Å². The standard InChI is InChI=1S/C53H36N2O/c1-32(2)33-11-9-12-38(25-33)54(51-19-10-16-44-43-15-5-8-20-52(43)56-53(44)51)39-23-21-34-28-45-46-29-35-22-24-40(27-37(35)31-48(46)47(45)30-36(34)26-39)55-49-17-6-3-13-41(49)42-14-4-7-18-50(42)55/h3-32H,1-2H3. The van der Waals surface area contributed by atoms with Crippen LogP contribution in [0.2, 0.25) is 0 Å². The molecule has 0 spiro atoms. The lowest BCUT2D eigenvalue weighted by Crippen LogP contribution is -2.11. The van der Waals surface area contributed by atoms with E-state index in [1.165, 1.54) is 76.9 Å². The zero-order valence-corrected chi connectivity index (χ0v) is 31.1. The number of anilines is 3. The summed E-state index contributed by atoms with van der Waals surface area (Å²) in [6.07, 6.45) is 0. The van der Waals surface area contributed by atoms with E-state index in [0.29, 0.717) is 5.92 Å². The number of nitrogens with zero attached hydrogens (tertiary/aromatic N) is 2. The van der Waals surface area contributed by atoms with Crippen LogP contribution < -0.4 is 4.90 Å². The molecule has 1 aliphatic carbocycles. The van der Waals surface area contributed by atoms with E-state index in [1.54, 1.807) is 0 Å². The highest BCUT2D eigenvalue weighted by molar-refractivity contribution is 6.14. The zero-order chi connectivity index (χ0) is 37.1. The second-order valence-corrected chi connectivity index (χ2v) is 15.6. The number of fused-ring (bicyclic) bond motifs is 12. The van der Waals surface area contributed by atoms with Crippen molar-refractivity contribution in [1.29, 1.82) is 0 Å². The summed E-state index contributed by atoms with van der Waals surface area (Å²) in [4.78, 5) is 2.37. The lowest BCUT2D eigenvalue weighted by atomic mass is 9.78. The van der Waals surface area contributed by atoms with E-state index in [9.17, 15) is 0 Å². The fraction of sp³-hybridized carbons (Fsp3) is 0.0566. The monoisotopic (exact) mass is 716 g/mol. The molecule has 56 heavy (non-hydrogen) atoms. The van der Waals surface area contributed by atoms with Crippen LogP contribution in [0.4, 0.5) is 17.1 Å². The second-order valence-electron chi connectivity index (χ2n) is 15.6. The van der Waals surface area contributed by atoms with Crippen LogP contribution in [-0.2, 0) is 0 Å². The Labute approximate surface area is 324 Å². The lowest BCUT2D eigenvalue weighted by Gasteiger charge is -2.28. The van der Waals surface area contributed by atoms with E-state index in [1.807, 2.05) is 6.07 Å². The maximum atomic E-state index is 6.62. The number of hydrogen-bond donors (Lipinski definition) is 0. The minimum absolute atomic E-state index is 0.406. The van der Waals surface area contributed by atoms with Gasteiger partial charge < -0.3 is 13.9 Å². The van der Waals surface area contributed by atoms with Gasteiger partial charge in [-0.05, 0) is 140 Å². The Hall–Kier alpha value is -7.10. The third kappa shape index (κ3) is 4.52. The molecule has 9 aromatic carbocycles. The Morgan fingerprint density at radius 1 is 0.446 bits per heavy atom. The van der Waals surface area contributed by atoms with Gasteiger partial charge in [0.25, 0.3) is 0 Å². The maximum Gasteiger partial charge on any atom is 0.159 e. The van der Waals surface area contributed by atoms with Crippen LogP contribution in [0, 0.1) is 0 Å². The van der Waals surface area contributed by atoms with Crippen LogP contribution >= 0.6 is 0 Å². The first-order valence-corrected chi connectivity index (χ1v) is 19.5. The fourth-order valence-electron chi connectivity index (χ4n) is 9.24. The Bertz CT molecular complexity index is 3360. The van der Waals surface area contributed by atoms with Gasteiger partial charge in [0.05, 0.1) is 16.7 Å². The van der Waals surface area contributed by atoms with Crippen molar-refractivity contribution in [2.45, 2.75) is 19.8 Å². The van der Waals surface area contributed by atoms with Crippen LogP contribution in [0.15, 0.2) is 180 Å². The molecule has 11 aromatic rings. The van der Waals surface area contributed by atoms with Gasteiger partial charge in [0, 0.05) is 38.6 Å². The molecule has 3 heteroatoms. The minimum atomic E-state index is 0.406. The molecule has 0 bridgehead atoms. The van der Waals surface area contributed by atoms with E-state index in [4.69, 9.17) is 4.42 Å². The maximum absolute atomic E-state index is 6.62. The fourth-order valence-corrected chi connectivity index (χ4v) is 9.24. The van der Waals surface area contributed by atoms with Gasteiger partial charge in [0.1, 0.15) is 5.58 Å². The molecule has 0 aliphatic heterocycles. The molecule has 0 radical (unpaired) electrons. The van der Waals surface area contributed by atoms with E-state index in [2.05, 4.69) is 193 Å². The quantitative estimate of drug-likeness (QED) is 0.177. The number of para-hydroxylation sites is 4. The average Bonchev–Trinajstić information content (AvgIpc) is 3.79. The highest BCUT2D eigenvalue weighted by Crippen LogP contribution is 2.51. The van der Waals surface area contributed by atoms with Crippen molar-refractivity contribution in [3.8, 4) is 27.9 Å². The highest BCUT2D eigenvalue weighted by Gasteiger charge is 2.25. The van der Waals surface area contributed by atoms with Crippen LogP contribution in [0.5, 0.6) is 0 Å². The Morgan fingerprint density at radius 2 is 1.02 bits per heavy atom. The molecule has 0 atom stereocenters. The van der Waals surface area contributed by atoms with Crippen molar-refractivity contribution in [2.75, 3.05) is 4.90 Å². The summed E-state index contributed by atoms with van der Waals surface area (Å²) in [7, 11) is 0. The Kier molecular flexibility index (Phi) is 6.53. The van der Waals surface area contributed by atoms with Crippen LogP contribution in [0.3, 0.4) is 0 Å². The third-order valence-electron chi connectivity index (χ3n) is 12.0. The first kappa shape index (κ1) is 31.3. The van der Waals surface area contributed by atoms with Crippen molar-refractivity contribution in [2.24, 2.45) is 0 Å². The second kappa shape index (κ2) is 11.7. The van der Waals surface area contributed by atoms with E-state index in [-0.39, 0.29) is 0 Å². The Morgan fingerprint density at radius 3 is 1.73 bits per heavy atom. The molecule has 2 heterocycles. The SMILES string of the molecule is CC(C)c1cccc(N(c2ccc3cc4c(cc3c2)-c2cc3cc(-n5c6ccccc6c6ccccc65)ccc3cc2-4)c2cccc3c2oc2ccccc23)c1. The van der Waals surface area contributed by atoms with Crippen molar-refractivity contribution in [3.05, 3.63) is 181 Å². The number of aromatic nitrogens is 1. The average molecular weight is 717 g/mol. The molecule has 2 aromatic heterocycles. The van der Waals surface area contributed by atoms with Crippen molar-refractivity contribution in [3.63, 3.8) is 0 Å². The largest absolute Gasteiger partial charge is 0.454 e. The molecule has 0 N–H and O–H groups in total. The van der Waals surface area contributed by atoms with E-state index >= 15 is 0 Å². The molecule has 0 fully saturated rings. The van der Waals surface area contributed by atoms with Crippen LogP contribution in [-0.4, -0.2) is 4.57 Å². The molecular weight excluding hydrogens is 681 g/mol. The predicted molar refractivity (Wildman–Crippen MR) is 236 cm³/mol. The summed E-state index contributed by atoms with van der Waals surface area (Å²) < 4.78 is 9.03. The van der Waals surface area contributed by atoms with Crippen LogP contribution in [0.1, 0.15) is 25.3 Å². The van der Waals surface area contributed by atoms with Crippen LogP contribution in [0.25, 0.3) is 93.2 Å². The molecule has 0 amide bonds. The molecule has 264 valence electrons. The minimum Gasteiger partial charge on any atom is -0.454 e. The first-order chi connectivity index (χ1) is 27.6. The van der Waals surface area contributed by atoms with Gasteiger partial charge in [0.15, 0.2) is 5.58 Å². The molecule has 3 nitrogen and oxygen atoms in total. The molecule has 0 unspecified atom stereocenters. The third-order valence-corrected chi connectivity index (χ3v) is 12.0. The molecular formula is C53H36N2O. The highest BCUT2D eigenvalue weighted by atomic mass is 16.3. The van der Waals surface area contributed by atoms with Crippen molar-refractivity contribution < 1.29 is 4.42 Å². The summed E-state index contributed by atoms with van der Waals surface area (Å²) in [5.74, 6) is 0.406. The lowest BCUT2D eigenvalue weighted by molar-refractivity contribution is 0.669. The van der Waals surface area contributed by atoms with Gasteiger partial charge in [0.2, 0.25) is 0 Å². The van der Waals surface area contributed by atoms with E-state index < -0.39 is 0 Å². The summed E-state index contributed by atoms with van der Waals surface area (Å²) in [6.45, 7) is 4.51. The van der Waals surface area contributed by atoms with Gasteiger partial charge in [-0.15, -0.1) is 0 Å². The number of benzene rings is 9. The number of rotatable bonds is 5. The molecule has 1 aliphatic rings. The van der Waals surface area contributed by atoms with Crippen molar-refractivity contribution >= 4 is 82.4 Å². The summed E-state index contributed by atoms with van der Waals surface area (Å²) in [5, 5.41) is 9.76. The van der Waals surface area contributed by atoms with Gasteiger partial charge in [-0.25, -0.2) is 0 Å². The normalized spacial score (nSPS) is 12.3. The topological polar surface area (TPSA) is 21.3 Å². The summed E-state index contributed by atoms with van der Waals surface area (Å²) >= 11 is 0. The summed E-state index contributed by atoms with van der Waals surface area (Å²) in [6, 6.07) is 64.5.